The van der Waals surface area contributed by atoms with Crippen LogP contribution in [0.1, 0.15) is 255 Å². The van der Waals surface area contributed by atoms with E-state index in [1.165, 1.54) is 89.9 Å². The number of carbonyl (C=O) groups excluding carboxylic acids is 6. The highest BCUT2D eigenvalue weighted by Gasteiger charge is 2.70. The van der Waals surface area contributed by atoms with Crippen LogP contribution in [0, 0.1) is 142 Å². The van der Waals surface area contributed by atoms with Crippen LogP contribution >= 0.6 is 0 Å². The number of hydrogen-bond acceptors (Lipinski definition) is 12. The smallest absolute Gasteiger partial charge is 0.309 e. The summed E-state index contributed by atoms with van der Waals surface area (Å²) in [6.45, 7) is 18.5. The quantitative estimate of drug-likeness (QED) is 0.0819. The van der Waals surface area contributed by atoms with Crippen LogP contribution in [0.5, 0.6) is 0 Å². The Bertz CT molecular complexity index is 2540. The van der Waals surface area contributed by atoms with Crippen LogP contribution in [0.4, 0.5) is 0 Å². The normalized spacial score (nSPS) is 44.9. The van der Waals surface area contributed by atoms with Gasteiger partial charge in [-0.05, 0) is 300 Å². The Hall–Kier alpha value is -3.18. The fourth-order valence-electron chi connectivity index (χ4n) is 24.4. The zero-order valence-corrected chi connectivity index (χ0v) is 55.2. The second-order valence-corrected chi connectivity index (χ2v) is 33.5. The maximum absolute atomic E-state index is 13.3. The highest BCUT2D eigenvalue weighted by molar-refractivity contribution is 5.76. The number of ether oxygens (including phenoxy) is 6. The maximum atomic E-state index is 13.3. The molecule has 0 N–H and O–H groups in total. The van der Waals surface area contributed by atoms with E-state index in [1.54, 1.807) is 0 Å². The van der Waals surface area contributed by atoms with Crippen molar-refractivity contribution in [2.24, 2.45) is 142 Å². The third-order valence-corrected chi connectivity index (χ3v) is 29.0. The first-order valence-corrected chi connectivity index (χ1v) is 37.1. The Kier molecular flexibility index (Phi) is 17.8. The molecule has 15 fully saturated rings. The molecule has 0 radical (unpaired) electrons. The highest BCUT2D eigenvalue weighted by atomic mass is 16.6. The van der Waals surface area contributed by atoms with Crippen molar-refractivity contribution in [2.75, 3.05) is 0 Å². The third kappa shape index (κ3) is 11.4. The Labute approximate surface area is 522 Å². The summed E-state index contributed by atoms with van der Waals surface area (Å²) in [5, 5.41) is 0. The molecule has 486 valence electrons. The summed E-state index contributed by atoms with van der Waals surface area (Å²) in [5.74, 6) is 11.6. The van der Waals surface area contributed by atoms with E-state index in [0.717, 1.165) is 120 Å². The Morgan fingerprint density at radius 2 is 0.621 bits per heavy atom. The zero-order valence-electron chi connectivity index (χ0n) is 55.2. The molecule has 0 saturated heterocycles. The van der Waals surface area contributed by atoms with Crippen LogP contribution < -0.4 is 0 Å². The van der Waals surface area contributed by atoms with Gasteiger partial charge in [-0.15, -0.1) is 0 Å². The summed E-state index contributed by atoms with van der Waals surface area (Å²) >= 11 is 0. The molecule has 0 spiro atoms. The number of carbonyl (C=O) groups is 6. The molecule has 87 heavy (non-hydrogen) atoms. The maximum Gasteiger partial charge on any atom is 0.309 e. The van der Waals surface area contributed by atoms with Gasteiger partial charge in [0.25, 0.3) is 0 Å². The predicted molar refractivity (Wildman–Crippen MR) is 329 cm³/mol. The lowest BCUT2D eigenvalue weighted by Crippen LogP contribution is -2.44. The van der Waals surface area contributed by atoms with Crippen molar-refractivity contribution >= 4 is 35.8 Å². The lowest BCUT2D eigenvalue weighted by atomic mass is 9.66. The molecule has 12 nitrogen and oxygen atoms in total. The van der Waals surface area contributed by atoms with E-state index >= 15 is 0 Å². The van der Waals surface area contributed by atoms with Gasteiger partial charge in [0.05, 0.1) is 35.5 Å². The van der Waals surface area contributed by atoms with E-state index in [1.807, 2.05) is 41.5 Å². The standard InChI is InChI=1S/C26H40O4.C25H38O4.C24H36O4/c1-4-15(3)24(27)29-21-14-17-13-20(21)23-18-11-16(22(17)23)12-19(18)25(28)30-26(5-2)9-7-6-8-10-26;1-4-14(2)23(26)28-20-13-16-12-19(20)22-17-10-15(21(16)22)11-18(17)24(27)29-25(3)8-6-5-7-9-25;1-4-13(2)22(25)27-19-12-15-11-18(19)21-16-9-14(20(15)21)10-17(16)23(26)28-24(3)7-5-6-8-24/h15-23H,4-14H2,1-3H3;14-22H,4-13H2,1-3H3;13-21H,4-12H2,1-3H3. The number of fused-ring (bicyclic) bond motifs is 27. The minimum atomic E-state index is -0.237. The first kappa shape index (κ1) is 62.6. The average molecular weight is 1210 g/mol. The fourth-order valence-corrected chi connectivity index (χ4v) is 24.4. The van der Waals surface area contributed by atoms with Crippen LogP contribution in [-0.2, 0) is 57.2 Å². The average Bonchev–Trinajstić information content (AvgIpc) is 1.59. The van der Waals surface area contributed by atoms with Gasteiger partial charge >= 0.3 is 35.8 Å². The van der Waals surface area contributed by atoms with Gasteiger partial charge in [0.1, 0.15) is 35.1 Å². The first-order valence-electron chi connectivity index (χ1n) is 37.1. The van der Waals surface area contributed by atoms with Gasteiger partial charge in [0.2, 0.25) is 0 Å². The summed E-state index contributed by atoms with van der Waals surface area (Å²) in [6, 6.07) is 0. The second-order valence-electron chi connectivity index (χ2n) is 33.5. The Balaban J connectivity index is 0.000000121. The first-order chi connectivity index (χ1) is 41.8. The minimum Gasteiger partial charge on any atom is -0.462 e. The topological polar surface area (TPSA) is 158 Å². The predicted octanol–water partition coefficient (Wildman–Crippen LogP) is 15.4. The van der Waals surface area contributed by atoms with E-state index < -0.39 is 0 Å². The molecule has 12 bridgehead atoms. The van der Waals surface area contributed by atoms with Gasteiger partial charge in [0.15, 0.2) is 0 Å². The largest absolute Gasteiger partial charge is 0.462 e. The van der Waals surface area contributed by atoms with E-state index in [9.17, 15) is 28.8 Å². The zero-order chi connectivity index (χ0) is 61.0. The van der Waals surface area contributed by atoms with Crippen LogP contribution in [0.15, 0.2) is 0 Å². The highest BCUT2D eigenvalue weighted by Crippen LogP contribution is 2.72. The number of hydrogen-bond donors (Lipinski definition) is 0. The van der Waals surface area contributed by atoms with Gasteiger partial charge in [-0.25, -0.2) is 0 Å². The van der Waals surface area contributed by atoms with Crippen molar-refractivity contribution in [1.29, 1.82) is 0 Å². The van der Waals surface area contributed by atoms with Gasteiger partial charge in [-0.3, -0.25) is 28.8 Å². The van der Waals surface area contributed by atoms with Crippen LogP contribution in [-0.4, -0.2) is 70.9 Å². The Morgan fingerprint density at radius 1 is 0.345 bits per heavy atom. The summed E-state index contributed by atoms with van der Waals surface area (Å²) in [4.78, 5) is 76.8. The van der Waals surface area contributed by atoms with E-state index in [-0.39, 0.29) is 106 Å². The molecule has 27 atom stereocenters. The molecule has 0 heterocycles. The molecule has 15 rings (SSSR count). The van der Waals surface area contributed by atoms with Gasteiger partial charge in [-0.2, -0.15) is 0 Å². The molecule has 0 aromatic carbocycles. The van der Waals surface area contributed by atoms with Gasteiger partial charge in [0, 0.05) is 0 Å². The lowest BCUT2D eigenvalue weighted by molar-refractivity contribution is -0.174. The molecule has 15 saturated carbocycles. The molecule has 0 aromatic heterocycles. The summed E-state index contributed by atoms with van der Waals surface area (Å²) in [7, 11) is 0. The van der Waals surface area contributed by atoms with Crippen LogP contribution in [0.25, 0.3) is 0 Å². The SMILES string of the molecule is CCC(C)C(=O)OC1CC2CC1C1C3CC(CC3C(=O)OC3(C)CCCC3)C21.CCC(C)C(=O)OC1CC2CC1C1C3CC(CC3C(=O)OC3(C)CCCCC3)C21.CCC(C)C(=O)OC1CC2CC1C1C3CC(CC3C(=O)OC3(CC)CCCCC3)C21. The molecule has 0 aliphatic heterocycles. The molecular formula is C75H114O12. The van der Waals surface area contributed by atoms with Gasteiger partial charge in [-0.1, -0.05) is 61.3 Å². The number of rotatable bonds is 16. The van der Waals surface area contributed by atoms with Crippen LogP contribution in [0.2, 0.25) is 0 Å². The molecule has 15 aliphatic carbocycles. The van der Waals surface area contributed by atoms with Crippen molar-refractivity contribution in [3.05, 3.63) is 0 Å². The van der Waals surface area contributed by atoms with Gasteiger partial charge < -0.3 is 28.4 Å². The number of esters is 6. The second kappa shape index (κ2) is 24.7. The van der Waals surface area contributed by atoms with Crippen molar-refractivity contribution in [3.8, 4) is 0 Å². The van der Waals surface area contributed by atoms with Crippen molar-refractivity contribution in [1.82, 2.24) is 0 Å². The summed E-state index contributed by atoms with van der Waals surface area (Å²) < 4.78 is 36.5. The van der Waals surface area contributed by atoms with E-state index in [4.69, 9.17) is 28.4 Å². The fraction of sp³-hybridized carbons (Fsp3) is 0.920. The van der Waals surface area contributed by atoms with Crippen LogP contribution in [0.3, 0.4) is 0 Å². The molecule has 12 heteroatoms. The van der Waals surface area contributed by atoms with Crippen molar-refractivity contribution in [2.45, 2.75) is 290 Å². The third-order valence-electron chi connectivity index (χ3n) is 29.0. The molecule has 15 aliphatic rings. The van der Waals surface area contributed by atoms with Crippen molar-refractivity contribution < 1.29 is 57.2 Å². The summed E-state index contributed by atoms with van der Waals surface area (Å²) in [6.07, 6.45) is 33.1. The molecular weight excluding hydrogens is 1090 g/mol. The lowest BCUT2D eigenvalue weighted by Gasteiger charge is -2.42. The van der Waals surface area contributed by atoms with Crippen molar-refractivity contribution in [3.63, 3.8) is 0 Å². The minimum absolute atomic E-state index is 0.00941. The summed E-state index contributed by atoms with van der Waals surface area (Å²) in [5.41, 5.74) is -0.652. The molecule has 0 amide bonds. The monoisotopic (exact) mass is 1210 g/mol. The molecule has 0 aromatic rings. The van der Waals surface area contributed by atoms with E-state index in [0.29, 0.717) is 88.8 Å². The molecule has 27 unspecified atom stereocenters. The van der Waals surface area contributed by atoms with E-state index in [2.05, 4.69) is 20.8 Å². The Morgan fingerprint density at radius 3 is 0.931 bits per heavy atom.